The molecule has 6 nitrogen and oxygen atoms in total. The number of sulfonamides is 1. The SMILES string of the molecule is CC(c1cccc([N+](=O)[O-])c1)N(C)S(=O)(=O)c1ccc(Cl)cc1C(F)(F)F. The second kappa shape index (κ2) is 7.45. The van der Waals surface area contributed by atoms with E-state index in [9.17, 15) is 31.7 Å². The van der Waals surface area contributed by atoms with Gasteiger partial charge in [0.1, 0.15) is 0 Å². The van der Waals surface area contributed by atoms with E-state index >= 15 is 0 Å². The lowest BCUT2D eigenvalue weighted by atomic mass is 10.1. The molecular weight excluding hydrogens is 409 g/mol. The summed E-state index contributed by atoms with van der Waals surface area (Å²) >= 11 is 5.59. The van der Waals surface area contributed by atoms with E-state index in [1.54, 1.807) is 0 Å². The van der Waals surface area contributed by atoms with Gasteiger partial charge in [0.05, 0.1) is 15.4 Å². The van der Waals surface area contributed by atoms with Gasteiger partial charge in [0.15, 0.2) is 0 Å². The normalized spacial score (nSPS) is 13.6. The topological polar surface area (TPSA) is 80.5 Å². The van der Waals surface area contributed by atoms with E-state index in [4.69, 9.17) is 11.6 Å². The largest absolute Gasteiger partial charge is 0.417 e. The Hall–Kier alpha value is -2.17. The highest BCUT2D eigenvalue weighted by molar-refractivity contribution is 7.89. The van der Waals surface area contributed by atoms with Gasteiger partial charge in [0.25, 0.3) is 5.69 Å². The lowest BCUT2D eigenvalue weighted by molar-refractivity contribution is -0.384. The molecule has 1 unspecified atom stereocenters. The van der Waals surface area contributed by atoms with E-state index in [1.165, 1.54) is 31.2 Å². The van der Waals surface area contributed by atoms with Crippen LogP contribution in [0.15, 0.2) is 47.4 Å². The Morgan fingerprint density at radius 1 is 1.19 bits per heavy atom. The molecule has 0 aliphatic carbocycles. The van der Waals surface area contributed by atoms with Gasteiger partial charge in [-0.1, -0.05) is 23.7 Å². The summed E-state index contributed by atoms with van der Waals surface area (Å²) in [4.78, 5) is 9.29. The molecule has 2 aromatic carbocycles. The highest BCUT2D eigenvalue weighted by Gasteiger charge is 2.39. The molecule has 0 amide bonds. The molecule has 0 aliphatic rings. The zero-order valence-electron chi connectivity index (χ0n) is 14.1. The predicted molar refractivity (Wildman–Crippen MR) is 92.9 cm³/mol. The van der Waals surface area contributed by atoms with Crippen molar-refractivity contribution in [3.63, 3.8) is 0 Å². The van der Waals surface area contributed by atoms with Gasteiger partial charge in [-0.3, -0.25) is 10.1 Å². The summed E-state index contributed by atoms with van der Waals surface area (Å²) in [6.07, 6.45) is -4.93. The molecule has 0 saturated carbocycles. The fourth-order valence-corrected chi connectivity index (χ4v) is 4.13. The molecule has 11 heteroatoms. The van der Waals surface area contributed by atoms with Crippen molar-refractivity contribution in [2.24, 2.45) is 0 Å². The second-order valence-electron chi connectivity index (χ2n) is 5.69. The zero-order valence-corrected chi connectivity index (χ0v) is 15.6. The van der Waals surface area contributed by atoms with E-state index in [0.29, 0.717) is 6.07 Å². The summed E-state index contributed by atoms with van der Waals surface area (Å²) < 4.78 is 66.1. The van der Waals surface area contributed by atoms with Crippen LogP contribution in [0.4, 0.5) is 18.9 Å². The van der Waals surface area contributed by atoms with Gasteiger partial charge in [-0.25, -0.2) is 8.42 Å². The van der Waals surface area contributed by atoms with Crippen molar-refractivity contribution in [2.45, 2.75) is 24.0 Å². The molecule has 0 heterocycles. The molecule has 2 rings (SSSR count). The lowest BCUT2D eigenvalue weighted by Crippen LogP contribution is -2.31. The van der Waals surface area contributed by atoms with Crippen LogP contribution < -0.4 is 0 Å². The van der Waals surface area contributed by atoms with Gasteiger partial charge >= 0.3 is 6.18 Å². The van der Waals surface area contributed by atoms with Crippen LogP contribution in [-0.4, -0.2) is 24.7 Å². The fourth-order valence-electron chi connectivity index (χ4n) is 2.42. The number of nitrogens with zero attached hydrogens (tertiary/aromatic N) is 2. The molecule has 0 radical (unpaired) electrons. The first kappa shape index (κ1) is 21.1. The Morgan fingerprint density at radius 2 is 1.81 bits per heavy atom. The number of non-ortho nitro benzene ring substituents is 1. The summed E-state index contributed by atoms with van der Waals surface area (Å²) in [5, 5.41) is 10.6. The van der Waals surface area contributed by atoms with Crippen LogP contribution in [0.5, 0.6) is 0 Å². The van der Waals surface area contributed by atoms with Crippen molar-refractivity contribution >= 4 is 27.3 Å². The van der Waals surface area contributed by atoms with Crippen LogP contribution in [-0.2, 0) is 16.2 Å². The van der Waals surface area contributed by atoms with E-state index in [1.807, 2.05) is 0 Å². The molecule has 146 valence electrons. The van der Waals surface area contributed by atoms with Gasteiger partial charge in [-0.2, -0.15) is 17.5 Å². The van der Waals surface area contributed by atoms with Gasteiger partial charge < -0.3 is 0 Å². The van der Waals surface area contributed by atoms with Gasteiger partial charge in [-0.15, -0.1) is 0 Å². The van der Waals surface area contributed by atoms with E-state index in [0.717, 1.165) is 23.5 Å². The Bertz CT molecular complexity index is 980. The highest BCUT2D eigenvalue weighted by Crippen LogP contribution is 2.38. The summed E-state index contributed by atoms with van der Waals surface area (Å²) in [7, 11) is -3.46. The van der Waals surface area contributed by atoms with Crippen LogP contribution in [0.2, 0.25) is 5.02 Å². The summed E-state index contributed by atoms with van der Waals surface area (Å²) in [6.45, 7) is 1.42. The fraction of sp³-hybridized carbons (Fsp3) is 0.250. The maximum atomic E-state index is 13.3. The lowest BCUT2D eigenvalue weighted by Gasteiger charge is -2.26. The molecule has 0 saturated heterocycles. The molecule has 2 aromatic rings. The van der Waals surface area contributed by atoms with Crippen LogP contribution >= 0.6 is 11.6 Å². The minimum absolute atomic E-state index is 0.254. The third-order valence-electron chi connectivity index (χ3n) is 4.01. The molecule has 0 N–H and O–H groups in total. The smallest absolute Gasteiger partial charge is 0.258 e. The molecule has 0 bridgehead atoms. The molecule has 0 fully saturated rings. The quantitative estimate of drug-likeness (QED) is 0.519. The summed E-state index contributed by atoms with van der Waals surface area (Å²) in [6, 6.07) is 6.65. The van der Waals surface area contributed by atoms with Crippen LogP contribution in [0, 0.1) is 10.1 Å². The number of alkyl halides is 3. The van der Waals surface area contributed by atoms with Gasteiger partial charge in [0.2, 0.25) is 10.0 Å². The van der Waals surface area contributed by atoms with Crippen molar-refractivity contribution in [3.05, 3.63) is 68.7 Å². The number of nitro groups is 1. The van der Waals surface area contributed by atoms with Crippen molar-refractivity contribution in [2.75, 3.05) is 7.05 Å². The first-order chi connectivity index (χ1) is 12.4. The first-order valence-electron chi connectivity index (χ1n) is 7.45. The van der Waals surface area contributed by atoms with E-state index in [2.05, 4.69) is 0 Å². The maximum absolute atomic E-state index is 13.3. The molecule has 1 atom stereocenters. The monoisotopic (exact) mass is 422 g/mol. The third kappa shape index (κ3) is 4.40. The minimum atomic E-state index is -4.93. The van der Waals surface area contributed by atoms with Crippen molar-refractivity contribution in [3.8, 4) is 0 Å². The Kier molecular flexibility index (Phi) is 5.83. The maximum Gasteiger partial charge on any atom is 0.417 e. The number of halogens is 4. The van der Waals surface area contributed by atoms with E-state index in [-0.39, 0.29) is 16.3 Å². The second-order valence-corrected chi connectivity index (χ2v) is 8.09. The van der Waals surface area contributed by atoms with Crippen molar-refractivity contribution in [1.29, 1.82) is 0 Å². The molecule has 0 aromatic heterocycles. The molecule has 0 aliphatic heterocycles. The minimum Gasteiger partial charge on any atom is -0.258 e. The van der Waals surface area contributed by atoms with Gasteiger partial charge in [-0.05, 0) is 30.7 Å². The number of nitro benzene ring substituents is 1. The van der Waals surface area contributed by atoms with E-state index < -0.39 is 37.6 Å². The zero-order chi connectivity index (χ0) is 20.6. The van der Waals surface area contributed by atoms with Gasteiger partial charge in [0, 0.05) is 30.2 Å². The number of rotatable bonds is 5. The number of hydrogen-bond acceptors (Lipinski definition) is 4. The first-order valence-corrected chi connectivity index (χ1v) is 9.26. The summed E-state index contributed by atoms with van der Waals surface area (Å²) in [5.41, 5.74) is -1.38. The average Bonchev–Trinajstić information content (AvgIpc) is 2.59. The Morgan fingerprint density at radius 3 is 2.37 bits per heavy atom. The molecular formula is C16H14ClF3N2O4S. The van der Waals surface area contributed by atoms with Crippen LogP contribution in [0.25, 0.3) is 0 Å². The van der Waals surface area contributed by atoms with Crippen LogP contribution in [0.3, 0.4) is 0 Å². The molecule has 0 spiro atoms. The highest BCUT2D eigenvalue weighted by atomic mass is 35.5. The summed E-state index contributed by atoms with van der Waals surface area (Å²) in [5.74, 6) is 0. The van der Waals surface area contributed by atoms with Crippen molar-refractivity contribution < 1.29 is 26.5 Å². The Balaban J connectivity index is 2.51. The van der Waals surface area contributed by atoms with Crippen molar-refractivity contribution in [1.82, 2.24) is 4.31 Å². The standard InChI is InChI=1S/C16H14ClF3N2O4S/c1-10(11-4-3-5-13(8-11)22(23)24)21(2)27(25,26)15-7-6-12(17)9-14(15)16(18,19)20/h3-10H,1-2H3. The van der Waals surface area contributed by atoms with Crippen LogP contribution in [0.1, 0.15) is 24.1 Å². The molecule has 27 heavy (non-hydrogen) atoms. The average molecular weight is 423 g/mol. The number of hydrogen-bond donors (Lipinski definition) is 0. The third-order valence-corrected chi connectivity index (χ3v) is 6.23. The predicted octanol–water partition coefficient (Wildman–Crippen LogP) is 4.65. The Labute approximate surface area is 158 Å². The number of benzene rings is 2.